The molecule has 1 aliphatic heterocycles. The van der Waals surface area contributed by atoms with Gasteiger partial charge in [-0.1, -0.05) is 28.1 Å². The number of β-amino-alcohol motifs (C(OH)–C–C–N with tert-alkyl or cyclic N) is 1. The molecule has 0 saturated heterocycles. The molecule has 64 valence electrons. The summed E-state index contributed by atoms with van der Waals surface area (Å²) in [6, 6.07) is 5.93. The fourth-order valence-corrected chi connectivity index (χ4v) is 2.04. The highest BCUT2D eigenvalue weighted by atomic mass is 79.9. The molecular formula is C9H10BrNO. The van der Waals surface area contributed by atoms with E-state index in [1.54, 1.807) is 0 Å². The monoisotopic (exact) mass is 227 g/mol. The Balaban J connectivity index is 2.52. The van der Waals surface area contributed by atoms with Crippen LogP contribution < -0.4 is 5.32 Å². The van der Waals surface area contributed by atoms with Crippen LogP contribution in [-0.2, 0) is 6.54 Å². The molecule has 3 heteroatoms. The standard InChI is InChI=1S/C9H10BrNO/c10-8-3-1-2-6-7(8)4-11-5-9(6)12/h1-3,9,11-12H,4-5H2. The van der Waals surface area contributed by atoms with E-state index < -0.39 is 0 Å². The van der Waals surface area contributed by atoms with E-state index in [0.717, 1.165) is 16.6 Å². The molecule has 0 saturated carbocycles. The molecule has 1 heterocycles. The van der Waals surface area contributed by atoms with Crippen LogP contribution in [0.5, 0.6) is 0 Å². The molecule has 0 amide bonds. The molecule has 0 aliphatic carbocycles. The maximum Gasteiger partial charge on any atom is 0.0918 e. The quantitative estimate of drug-likeness (QED) is 0.706. The topological polar surface area (TPSA) is 32.3 Å². The van der Waals surface area contributed by atoms with Crippen molar-refractivity contribution in [2.75, 3.05) is 6.54 Å². The first-order chi connectivity index (χ1) is 5.79. The van der Waals surface area contributed by atoms with Gasteiger partial charge in [0.25, 0.3) is 0 Å². The van der Waals surface area contributed by atoms with Gasteiger partial charge in [0.15, 0.2) is 0 Å². The maximum absolute atomic E-state index is 9.60. The van der Waals surface area contributed by atoms with Gasteiger partial charge in [0.1, 0.15) is 0 Å². The summed E-state index contributed by atoms with van der Waals surface area (Å²) < 4.78 is 1.08. The minimum absolute atomic E-state index is 0.355. The number of aliphatic hydroxyl groups excluding tert-OH is 1. The van der Waals surface area contributed by atoms with Crippen LogP contribution in [0.2, 0.25) is 0 Å². The fourth-order valence-electron chi connectivity index (χ4n) is 1.52. The smallest absolute Gasteiger partial charge is 0.0918 e. The van der Waals surface area contributed by atoms with Crippen molar-refractivity contribution in [2.45, 2.75) is 12.6 Å². The molecule has 1 aromatic rings. The van der Waals surface area contributed by atoms with Crippen molar-refractivity contribution in [1.29, 1.82) is 0 Å². The third-order valence-corrected chi connectivity index (χ3v) is 2.90. The zero-order valence-corrected chi connectivity index (χ0v) is 8.13. The Labute approximate surface area is 79.7 Å². The van der Waals surface area contributed by atoms with Crippen molar-refractivity contribution in [2.24, 2.45) is 0 Å². The van der Waals surface area contributed by atoms with Crippen LogP contribution in [0.1, 0.15) is 17.2 Å². The Bertz CT molecular complexity index is 301. The highest BCUT2D eigenvalue weighted by Gasteiger charge is 2.18. The van der Waals surface area contributed by atoms with E-state index in [-0.39, 0.29) is 6.10 Å². The molecule has 2 nitrogen and oxygen atoms in total. The first-order valence-corrected chi connectivity index (χ1v) is 4.74. The summed E-state index contributed by atoms with van der Waals surface area (Å²) >= 11 is 3.46. The van der Waals surface area contributed by atoms with E-state index in [9.17, 15) is 5.11 Å². The summed E-state index contributed by atoms with van der Waals surface area (Å²) in [5.41, 5.74) is 2.22. The van der Waals surface area contributed by atoms with E-state index in [4.69, 9.17) is 0 Å². The molecule has 1 aliphatic rings. The molecule has 12 heavy (non-hydrogen) atoms. The summed E-state index contributed by atoms with van der Waals surface area (Å²) in [5.74, 6) is 0. The van der Waals surface area contributed by atoms with Crippen LogP contribution >= 0.6 is 15.9 Å². The number of benzene rings is 1. The van der Waals surface area contributed by atoms with Crippen LogP contribution in [0.3, 0.4) is 0 Å². The van der Waals surface area contributed by atoms with Crippen molar-refractivity contribution < 1.29 is 5.11 Å². The molecule has 0 bridgehead atoms. The third-order valence-electron chi connectivity index (χ3n) is 2.15. The lowest BCUT2D eigenvalue weighted by atomic mass is 9.99. The van der Waals surface area contributed by atoms with Gasteiger partial charge in [0.2, 0.25) is 0 Å². The highest BCUT2D eigenvalue weighted by molar-refractivity contribution is 9.10. The van der Waals surface area contributed by atoms with Crippen molar-refractivity contribution >= 4 is 15.9 Å². The first kappa shape index (κ1) is 8.23. The van der Waals surface area contributed by atoms with Gasteiger partial charge in [-0.05, 0) is 17.2 Å². The molecule has 2 N–H and O–H groups in total. The third kappa shape index (κ3) is 1.28. The van der Waals surface area contributed by atoms with Crippen LogP contribution in [0, 0.1) is 0 Å². The lowest BCUT2D eigenvalue weighted by molar-refractivity contribution is 0.165. The van der Waals surface area contributed by atoms with Gasteiger partial charge in [-0.25, -0.2) is 0 Å². The molecular weight excluding hydrogens is 218 g/mol. The first-order valence-electron chi connectivity index (χ1n) is 3.95. The predicted octanol–water partition coefficient (Wildman–Crippen LogP) is 1.59. The van der Waals surface area contributed by atoms with E-state index in [1.165, 1.54) is 5.56 Å². The average Bonchev–Trinajstić information content (AvgIpc) is 2.07. The van der Waals surface area contributed by atoms with E-state index in [0.29, 0.717) is 6.54 Å². The van der Waals surface area contributed by atoms with Gasteiger partial charge in [0.05, 0.1) is 6.10 Å². The van der Waals surface area contributed by atoms with Crippen molar-refractivity contribution in [1.82, 2.24) is 5.32 Å². The number of nitrogens with one attached hydrogen (secondary N) is 1. The lowest BCUT2D eigenvalue weighted by Crippen LogP contribution is -2.28. The van der Waals surface area contributed by atoms with Crippen LogP contribution in [0.15, 0.2) is 22.7 Å². The molecule has 1 atom stereocenters. The van der Waals surface area contributed by atoms with Crippen molar-refractivity contribution in [3.63, 3.8) is 0 Å². The molecule has 1 unspecified atom stereocenters. The Morgan fingerprint density at radius 2 is 2.33 bits per heavy atom. The van der Waals surface area contributed by atoms with Gasteiger partial charge < -0.3 is 10.4 Å². The van der Waals surface area contributed by atoms with Gasteiger partial charge in [-0.2, -0.15) is 0 Å². The number of hydrogen-bond donors (Lipinski definition) is 2. The van der Waals surface area contributed by atoms with Crippen LogP contribution in [-0.4, -0.2) is 11.7 Å². The second-order valence-electron chi connectivity index (χ2n) is 2.95. The number of halogens is 1. The normalized spacial score (nSPS) is 22.0. The summed E-state index contributed by atoms with van der Waals surface area (Å²) in [4.78, 5) is 0. The number of fused-ring (bicyclic) bond motifs is 1. The van der Waals surface area contributed by atoms with E-state index in [2.05, 4.69) is 21.2 Å². The molecule has 1 aromatic carbocycles. The SMILES string of the molecule is OC1CNCc2c(Br)cccc21. The molecule has 0 radical (unpaired) electrons. The second-order valence-corrected chi connectivity index (χ2v) is 3.81. The van der Waals surface area contributed by atoms with E-state index >= 15 is 0 Å². The fraction of sp³-hybridized carbons (Fsp3) is 0.333. The molecule has 0 spiro atoms. The minimum Gasteiger partial charge on any atom is -0.387 e. The summed E-state index contributed by atoms with van der Waals surface area (Å²) in [6.45, 7) is 1.50. The van der Waals surface area contributed by atoms with Gasteiger partial charge in [-0.3, -0.25) is 0 Å². The molecule has 2 rings (SSSR count). The number of rotatable bonds is 0. The summed E-state index contributed by atoms with van der Waals surface area (Å²) in [7, 11) is 0. The second kappa shape index (κ2) is 3.17. The molecule has 0 fully saturated rings. The average molecular weight is 228 g/mol. The Hall–Kier alpha value is -0.380. The van der Waals surface area contributed by atoms with Gasteiger partial charge in [0, 0.05) is 17.6 Å². The zero-order valence-electron chi connectivity index (χ0n) is 6.55. The Kier molecular flexibility index (Phi) is 2.17. The summed E-state index contributed by atoms with van der Waals surface area (Å²) in [5, 5.41) is 12.8. The van der Waals surface area contributed by atoms with Crippen LogP contribution in [0.4, 0.5) is 0 Å². The highest BCUT2D eigenvalue weighted by Crippen LogP contribution is 2.27. The van der Waals surface area contributed by atoms with Gasteiger partial charge in [-0.15, -0.1) is 0 Å². The van der Waals surface area contributed by atoms with E-state index in [1.807, 2.05) is 18.2 Å². The number of aliphatic hydroxyl groups is 1. The lowest BCUT2D eigenvalue weighted by Gasteiger charge is -2.23. The van der Waals surface area contributed by atoms with Crippen molar-refractivity contribution in [3.8, 4) is 0 Å². The maximum atomic E-state index is 9.60. The number of hydrogen-bond acceptors (Lipinski definition) is 2. The van der Waals surface area contributed by atoms with Crippen LogP contribution in [0.25, 0.3) is 0 Å². The molecule has 0 aromatic heterocycles. The zero-order chi connectivity index (χ0) is 8.55. The van der Waals surface area contributed by atoms with Crippen molar-refractivity contribution in [3.05, 3.63) is 33.8 Å². The van der Waals surface area contributed by atoms with Gasteiger partial charge >= 0.3 is 0 Å². The Morgan fingerprint density at radius 3 is 3.08 bits per heavy atom. The predicted molar refractivity (Wildman–Crippen MR) is 50.8 cm³/mol. The Morgan fingerprint density at radius 1 is 1.50 bits per heavy atom. The minimum atomic E-state index is -0.355. The summed E-state index contributed by atoms with van der Waals surface area (Å²) in [6.07, 6.45) is -0.355. The largest absolute Gasteiger partial charge is 0.387 e.